The Morgan fingerprint density at radius 1 is 1.04 bits per heavy atom. The fraction of sp³-hybridized carbons (Fsp3) is 1.00. The van der Waals surface area contributed by atoms with Gasteiger partial charge in [-0.2, -0.15) is 0 Å². The van der Waals surface area contributed by atoms with Crippen molar-refractivity contribution in [2.24, 2.45) is 11.8 Å². The van der Waals surface area contributed by atoms with Crippen LogP contribution in [0, 0.1) is 11.8 Å². The molecule has 0 radical (unpaired) electrons. The molecule has 2 rings (SSSR count). The maximum absolute atomic E-state index is 12.1. The van der Waals surface area contributed by atoms with E-state index in [1.807, 2.05) is 27.7 Å². The normalized spacial score (nSPS) is 46.9. The summed E-state index contributed by atoms with van der Waals surface area (Å²) >= 11 is 0. The van der Waals surface area contributed by atoms with Crippen LogP contribution < -0.4 is 0 Å². The van der Waals surface area contributed by atoms with E-state index in [4.69, 9.17) is 18.5 Å². The summed E-state index contributed by atoms with van der Waals surface area (Å²) in [6.07, 6.45) is -3.19. The minimum absolute atomic E-state index is 0.0783. The third-order valence-electron chi connectivity index (χ3n) is 4.90. The molecule has 0 spiro atoms. The highest BCUT2D eigenvalue weighted by Gasteiger charge is 2.45. The number of hydrogen-bond acceptors (Lipinski definition) is 7. The second-order valence-electron chi connectivity index (χ2n) is 6.49. The van der Waals surface area contributed by atoms with Crippen LogP contribution in [0.2, 0.25) is 0 Å². The Bertz CT molecular complexity index is 446. The van der Waals surface area contributed by atoms with Crippen LogP contribution in [0.1, 0.15) is 27.7 Å². The summed E-state index contributed by atoms with van der Waals surface area (Å²) in [5.41, 5.74) is 0. The highest BCUT2D eigenvalue weighted by Crippen LogP contribution is 2.49. The fourth-order valence-corrected chi connectivity index (χ4v) is 4.01. The second-order valence-corrected chi connectivity index (χ2v) is 7.89. The molecule has 3 N–H and O–H groups in total. The lowest BCUT2D eigenvalue weighted by atomic mass is 10.00. The maximum atomic E-state index is 12.1. The molecule has 0 amide bonds. The Kier molecular flexibility index (Phi) is 6.25. The molecule has 8 nitrogen and oxygen atoms in total. The zero-order valence-electron chi connectivity index (χ0n) is 13.9. The van der Waals surface area contributed by atoms with Crippen molar-refractivity contribution in [3.63, 3.8) is 0 Å². The van der Waals surface area contributed by atoms with E-state index in [1.54, 1.807) is 0 Å². The Balaban J connectivity index is 1.91. The second kappa shape index (κ2) is 7.45. The van der Waals surface area contributed by atoms with Gasteiger partial charge in [0.15, 0.2) is 0 Å². The molecular formula is C14H27O8P. The third kappa shape index (κ3) is 4.32. The molecule has 2 fully saturated rings. The first-order valence-electron chi connectivity index (χ1n) is 7.92. The molecule has 0 aromatic rings. The Morgan fingerprint density at radius 3 is 2.13 bits per heavy atom. The third-order valence-corrected chi connectivity index (χ3v) is 5.89. The topological polar surface area (TPSA) is 115 Å². The molecule has 2 aliphatic heterocycles. The van der Waals surface area contributed by atoms with Crippen LogP contribution in [0.5, 0.6) is 0 Å². The van der Waals surface area contributed by atoms with Crippen molar-refractivity contribution in [1.82, 2.24) is 0 Å². The van der Waals surface area contributed by atoms with E-state index in [2.05, 4.69) is 0 Å². The standard InChI is InChI=1S/C14H27O8P/c1-7-9(3)21-12(13(7)16)6-19-23(17,18)22-14-8(2)10(4)20-11(14)5-15/h7-16H,5-6H2,1-4H3,(H,17,18)/t7?,8?,9-,10-,11+,12+,13+,14+/m0/s1. The minimum Gasteiger partial charge on any atom is -0.394 e. The van der Waals surface area contributed by atoms with Gasteiger partial charge in [0.25, 0.3) is 0 Å². The number of aliphatic hydroxyl groups excluding tert-OH is 2. The molecule has 2 saturated heterocycles. The number of aliphatic hydroxyl groups is 2. The van der Waals surface area contributed by atoms with Gasteiger partial charge in [-0.3, -0.25) is 9.05 Å². The van der Waals surface area contributed by atoms with Crippen molar-refractivity contribution >= 4 is 7.82 Å². The van der Waals surface area contributed by atoms with Crippen molar-refractivity contribution in [3.05, 3.63) is 0 Å². The van der Waals surface area contributed by atoms with Gasteiger partial charge in [-0.05, 0) is 13.8 Å². The van der Waals surface area contributed by atoms with Gasteiger partial charge >= 0.3 is 7.82 Å². The van der Waals surface area contributed by atoms with Gasteiger partial charge in [-0.1, -0.05) is 13.8 Å². The van der Waals surface area contributed by atoms with Crippen molar-refractivity contribution < 1.29 is 38.2 Å². The van der Waals surface area contributed by atoms with Gasteiger partial charge in [-0.15, -0.1) is 0 Å². The molecule has 23 heavy (non-hydrogen) atoms. The fourth-order valence-electron chi connectivity index (χ4n) is 2.98. The van der Waals surface area contributed by atoms with Gasteiger partial charge in [0.05, 0.1) is 31.5 Å². The van der Waals surface area contributed by atoms with Crippen LogP contribution in [-0.4, -0.2) is 64.9 Å². The average Bonchev–Trinajstić information content (AvgIpc) is 2.89. The zero-order valence-corrected chi connectivity index (χ0v) is 14.8. The Labute approximate surface area is 136 Å². The largest absolute Gasteiger partial charge is 0.472 e. The van der Waals surface area contributed by atoms with Crippen molar-refractivity contribution in [2.75, 3.05) is 13.2 Å². The number of hydrogen-bond donors (Lipinski definition) is 3. The molecule has 0 saturated carbocycles. The summed E-state index contributed by atoms with van der Waals surface area (Å²) in [5, 5.41) is 19.3. The van der Waals surface area contributed by atoms with Crippen LogP contribution in [0.3, 0.4) is 0 Å². The van der Waals surface area contributed by atoms with Gasteiger partial charge in [0.2, 0.25) is 0 Å². The first-order chi connectivity index (χ1) is 10.7. The molecule has 2 aliphatic rings. The van der Waals surface area contributed by atoms with E-state index in [0.717, 1.165) is 0 Å². The number of ether oxygens (including phenoxy) is 2. The molecule has 136 valence electrons. The monoisotopic (exact) mass is 354 g/mol. The van der Waals surface area contributed by atoms with Gasteiger partial charge < -0.3 is 24.6 Å². The lowest BCUT2D eigenvalue weighted by molar-refractivity contribution is -0.0353. The first-order valence-corrected chi connectivity index (χ1v) is 9.41. The lowest BCUT2D eigenvalue weighted by Crippen LogP contribution is -2.32. The summed E-state index contributed by atoms with van der Waals surface area (Å²) < 4.78 is 33.3. The summed E-state index contributed by atoms with van der Waals surface area (Å²) in [5.74, 6) is -0.241. The van der Waals surface area contributed by atoms with Crippen molar-refractivity contribution in [1.29, 1.82) is 0 Å². The Morgan fingerprint density at radius 2 is 1.61 bits per heavy atom. The van der Waals surface area contributed by atoms with Gasteiger partial charge in [0, 0.05) is 11.8 Å². The van der Waals surface area contributed by atoms with Crippen molar-refractivity contribution in [3.8, 4) is 0 Å². The van der Waals surface area contributed by atoms with E-state index in [0.29, 0.717) is 0 Å². The molecule has 0 aliphatic carbocycles. The predicted octanol–water partition coefficient (Wildman–Crippen LogP) is 0.689. The van der Waals surface area contributed by atoms with Gasteiger partial charge in [-0.25, -0.2) is 4.57 Å². The van der Waals surface area contributed by atoms with E-state index in [-0.39, 0.29) is 37.3 Å². The van der Waals surface area contributed by atoms with Crippen LogP contribution >= 0.6 is 7.82 Å². The van der Waals surface area contributed by atoms with Gasteiger partial charge in [0.1, 0.15) is 18.3 Å². The quantitative estimate of drug-likeness (QED) is 0.597. The number of phosphoric acid groups is 1. The zero-order chi connectivity index (χ0) is 17.4. The van der Waals surface area contributed by atoms with Crippen LogP contribution in [0.25, 0.3) is 0 Å². The number of phosphoric ester groups is 1. The minimum atomic E-state index is -4.36. The molecule has 9 heteroatoms. The van der Waals surface area contributed by atoms with E-state index in [9.17, 15) is 19.7 Å². The maximum Gasteiger partial charge on any atom is 0.472 e. The molecule has 0 aromatic heterocycles. The molecule has 0 bridgehead atoms. The molecular weight excluding hydrogens is 327 g/mol. The Hall–Kier alpha value is -0.0500. The highest BCUT2D eigenvalue weighted by molar-refractivity contribution is 7.47. The van der Waals surface area contributed by atoms with E-state index >= 15 is 0 Å². The summed E-state index contributed by atoms with van der Waals surface area (Å²) in [6.45, 7) is 6.75. The van der Waals surface area contributed by atoms with Crippen LogP contribution in [0.15, 0.2) is 0 Å². The van der Waals surface area contributed by atoms with Crippen LogP contribution in [-0.2, 0) is 23.1 Å². The lowest BCUT2D eigenvalue weighted by Gasteiger charge is -2.24. The summed E-state index contributed by atoms with van der Waals surface area (Å²) in [4.78, 5) is 9.91. The summed E-state index contributed by atoms with van der Waals surface area (Å²) in [6, 6.07) is 0. The summed E-state index contributed by atoms with van der Waals surface area (Å²) in [7, 11) is -4.36. The van der Waals surface area contributed by atoms with E-state index < -0.39 is 32.2 Å². The van der Waals surface area contributed by atoms with Crippen LogP contribution in [0.4, 0.5) is 0 Å². The predicted molar refractivity (Wildman–Crippen MR) is 80.7 cm³/mol. The average molecular weight is 354 g/mol. The molecule has 2 heterocycles. The smallest absolute Gasteiger partial charge is 0.394 e. The number of rotatable bonds is 6. The molecule has 9 atom stereocenters. The SMILES string of the molecule is CC1[C@H](C)O[C@H](COP(=O)(O)O[C@@H]2C(C)[C@H](C)O[C@@H]2CO)[C@@H]1O. The molecule has 3 unspecified atom stereocenters. The first kappa shape index (κ1) is 19.3. The molecule has 0 aromatic carbocycles. The highest BCUT2D eigenvalue weighted by atomic mass is 31.2. The van der Waals surface area contributed by atoms with E-state index in [1.165, 1.54) is 0 Å². The van der Waals surface area contributed by atoms with Crippen molar-refractivity contribution in [2.45, 2.75) is 64.3 Å².